The van der Waals surface area contributed by atoms with Crippen molar-refractivity contribution in [3.8, 4) is 17.2 Å². The second-order valence-corrected chi connectivity index (χ2v) is 14.5. The third kappa shape index (κ3) is 6.82. The molecule has 0 unspecified atom stereocenters. The van der Waals surface area contributed by atoms with Crippen molar-refractivity contribution in [2.45, 2.75) is 77.4 Å². The lowest BCUT2D eigenvalue weighted by atomic mass is 9.79. The Morgan fingerprint density at radius 3 is 2.60 bits per heavy atom. The summed E-state index contributed by atoms with van der Waals surface area (Å²) in [7, 11) is 0. The van der Waals surface area contributed by atoms with E-state index < -0.39 is 29.6 Å². The topological polar surface area (TPSA) is 125 Å². The predicted molar refractivity (Wildman–Crippen MR) is 190 cm³/mol. The van der Waals surface area contributed by atoms with Crippen molar-refractivity contribution in [1.29, 1.82) is 5.26 Å². The van der Waals surface area contributed by atoms with Crippen LogP contribution in [0.5, 0.6) is 0 Å². The van der Waals surface area contributed by atoms with Gasteiger partial charge in [-0.1, -0.05) is 65.7 Å². The minimum Gasteiger partial charge on any atom is -0.478 e. The molecule has 1 aliphatic carbocycles. The monoisotopic (exact) mass is 718 g/mol. The Morgan fingerprint density at radius 1 is 1.18 bits per heavy atom. The Labute approximate surface area is 299 Å². The summed E-state index contributed by atoms with van der Waals surface area (Å²) in [6.45, 7) is 7.68. The van der Waals surface area contributed by atoms with E-state index in [0.29, 0.717) is 24.1 Å². The van der Waals surface area contributed by atoms with Crippen LogP contribution in [0.4, 0.5) is 14.9 Å². The number of anilines is 1. The summed E-state index contributed by atoms with van der Waals surface area (Å²) in [4.78, 5) is 32.6. The van der Waals surface area contributed by atoms with Gasteiger partial charge >= 0.3 is 12.1 Å². The molecule has 1 saturated carbocycles. The van der Waals surface area contributed by atoms with Crippen LogP contribution in [0.1, 0.15) is 73.8 Å². The van der Waals surface area contributed by atoms with Gasteiger partial charge in [-0.15, -0.1) is 0 Å². The number of aromatic carboxylic acids is 1. The van der Waals surface area contributed by atoms with E-state index >= 15 is 4.39 Å². The number of nitriles is 1. The number of rotatable bonds is 10. The lowest BCUT2D eigenvalue weighted by molar-refractivity contribution is 0.0239. The second-order valence-electron chi connectivity index (χ2n) is 13.7. The maximum atomic E-state index is 17.2. The first-order valence-corrected chi connectivity index (χ1v) is 17.2. The number of amides is 1. The first kappa shape index (κ1) is 35.4. The van der Waals surface area contributed by atoms with E-state index in [1.165, 1.54) is 0 Å². The van der Waals surface area contributed by atoms with Crippen molar-refractivity contribution in [3.05, 3.63) is 92.8 Å². The highest BCUT2D eigenvalue weighted by Crippen LogP contribution is 2.47. The number of carbonyl (C=O) groups is 2. The van der Waals surface area contributed by atoms with Gasteiger partial charge in [-0.25, -0.2) is 19.0 Å². The Kier molecular flexibility index (Phi) is 9.95. The average molecular weight is 720 g/mol. The maximum Gasteiger partial charge on any atom is 0.410 e. The van der Waals surface area contributed by atoms with Crippen LogP contribution in [-0.2, 0) is 22.5 Å². The number of hydrogen-bond donors (Lipinski definition) is 2. The number of pyridine rings is 1. The molecule has 7 rings (SSSR count). The molecule has 2 aliphatic heterocycles. The number of hydrogen-bond acceptors (Lipinski definition) is 7. The number of carboxylic acid groups (broad SMARTS) is 1. The summed E-state index contributed by atoms with van der Waals surface area (Å²) < 4.78 is 29.0. The smallest absolute Gasteiger partial charge is 0.410 e. The Balaban J connectivity index is 1.53. The zero-order chi connectivity index (χ0) is 35.9. The fourth-order valence-electron chi connectivity index (χ4n) is 6.87. The highest BCUT2D eigenvalue weighted by Gasteiger charge is 2.55. The van der Waals surface area contributed by atoms with Gasteiger partial charge in [0.05, 0.1) is 52.3 Å². The standard InChI is InChI=1S/C38H37Cl2FN4O5/c1-20(49-19-21-10-6-5-7-11-21)32-29(36(46)47)34(44-33-23-17-27(33)45(18-23)37(48)50-38(2,3)4)25-16-22(12-9-15-42)28(31(41)35(25)43-32)24-13-8-14-26(39)30(24)40/h5-8,10-11,13-14,16,20,23,27,33H,9,12,17-19H2,1-4H3,(H,43,44)(H,46,47)/t20-,23-,27-,33+/m1/s1. The van der Waals surface area contributed by atoms with E-state index in [0.717, 1.165) is 5.56 Å². The lowest BCUT2D eigenvalue weighted by Crippen LogP contribution is -2.50. The summed E-state index contributed by atoms with van der Waals surface area (Å²) in [5.41, 5.74) is 1.03. The van der Waals surface area contributed by atoms with Crippen LogP contribution in [-0.4, -0.2) is 51.3 Å². The Hall–Kier alpha value is -4.43. The molecule has 3 heterocycles. The largest absolute Gasteiger partial charge is 0.478 e. The molecule has 2 N–H and O–H groups in total. The van der Waals surface area contributed by atoms with E-state index in [1.54, 1.807) is 56.9 Å². The first-order chi connectivity index (χ1) is 23.8. The van der Waals surface area contributed by atoms with Crippen molar-refractivity contribution in [1.82, 2.24) is 9.88 Å². The van der Waals surface area contributed by atoms with E-state index in [2.05, 4.69) is 16.4 Å². The highest BCUT2D eigenvalue weighted by molar-refractivity contribution is 6.43. The second kappa shape index (κ2) is 14.1. The van der Waals surface area contributed by atoms with E-state index in [1.807, 2.05) is 30.3 Å². The number of halogens is 3. The zero-order valence-corrected chi connectivity index (χ0v) is 29.6. The third-order valence-electron chi connectivity index (χ3n) is 9.24. The molecule has 4 aromatic rings. The van der Waals surface area contributed by atoms with Crippen molar-refractivity contribution in [2.75, 3.05) is 11.9 Å². The molecule has 0 spiro atoms. The van der Waals surface area contributed by atoms with E-state index in [4.69, 9.17) is 32.7 Å². The number of benzene rings is 3. The molecule has 3 aromatic carbocycles. The van der Waals surface area contributed by atoms with Crippen molar-refractivity contribution in [2.24, 2.45) is 5.92 Å². The molecule has 3 fully saturated rings. The number of carbonyl (C=O) groups excluding carboxylic acids is 1. The van der Waals surface area contributed by atoms with Gasteiger partial charge in [0.1, 0.15) is 16.7 Å². The molecule has 0 radical (unpaired) electrons. The van der Waals surface area contributed by atoms with Gasteiger partial charge in [-0.3, -0.25) is 0 Å². The maximum absolute atomic E-state index is 17.2. The quantitative estimate of drug-likeness (QED) is 0.166. The normalized spacial score (nSPS) is 18.8. The van der Waals surface area contributed by atoms with Crippen LogP contribution < -0.4 is 5.32 Å². The average Bonchev–Trinajstić information content (AvgIpc) is 3.67. The van der Waals surface area contributed by atoms with Crippen LogP contribution in [0.3, 0.4) is 0 Å². The van der Waals surface area contributed by atoms with Crippen LogP contribution in [0.15, 0.2) is 54.6 Å². The highest BCUT2D eigenvalue weighted by atomic mass is 35.5. The number of nitrogens with one attached hydrogen (secondary N) is 1. The number of fused-ring (bicyclic) bond motifs is 2. The molecule has 2 saturated heterocycles. The number of nitrogens with zero attached hydrogens (tertiary/aromatic N) is 3. The van der Waals surface area contributed by atoms with Gasteiger partial charge in [0.15, 0.2) is 5.82 Å². The molecule has 50 heavy (non-hydrogen) atoms. The SMILES string of the molecule is C[C@@H](OCc1ccccc1)c1nc2c(F)c(-c3cccc(Cl)c3Cl)c(CCC#N)cc2c(N[C@H]2[C@@H]3C[C@H]2N(C(=O)OC(C)(C)C)C3)c1C(=O)O. The van der Waals surface area contributed by atoms with Crippen molar-refractivity contribution >= 4 is 51.9 Å². The summed E-state index contributed by atoms with van der Waals surface area (Å²) >= 11 is 13.0. The van der Waals surface area contributed by atoms with E-state index in [-0.39, 0.29) is 80.9 Å². The number of ether oxygens (including phenoxy) is 2. The molecule has 12 heteroatoms. The fraction of sp³-hybridized carbons (Fsp3) is 0.368. The molecule has 1 amide bonds. The van der Waals surface area contributed by atoms with Crippen molar-refractivity contribution in [3.63, 3.8) is 0 Å². The molecular weight excluding hydrogens is 682 g/mol. The van der Waals surface area contributed by atoms with Gasteiger partial charge in [-0.05, 0) is 63.8 Å². The minimum atomic E-state index is -1.27. The Bertz CT molecular complexity index is 2010. The van der Waals surface area contributed by atoms with Gasteiger partial charge in [0.25, 0.3) is 0 Å². The van der Waals surface area contributed by atoms with Crippen molar-refractivity contribution < 1.29 is 28.6 Å². The lowest BCUT2D eigenvalue weighted by Gasteiger charge is -2.38. The fourth-order valence-corrected chi connectivity index (χ4v) is 7.27. The van der Waals surface area contributed by atoms with Gasteiger partial charge < -0.3 is 24.8 Å². The summed E-state index contributed by atoms with van der Waals surface area (Å²) in [6.07, 6.45) is -0.367. The number of aromatic nitrogens is 1. The molecule has 4 atom stereocenters. The van der Waals surface area contributed by atoms with E-state index in [9.17, 15) is 20.0 Å². The molecule has 9 nitrogen and oxygen atoms in total. The molecular formula is C38H37Cl2FN4O5. The minimum absolute atomic E-state index is 0.0139. The number of carboxylic acids is 1. The van der Waals surface area contributed by atoms with Crippen LogP contribution in [0.25, 0.3) is 22.0 Å². The first-order valence-electron chi connectivity index (χ1n) is 16.4. The predicted octanol–water partition coefficient (Wildman–Crippen LogP) is 9.20. The Morgan fingerprint density at radius 2 is 1.92 bits per heavy atom. The zero-order valence-electron chi connectivity index (χ0n) is 28.1. The summed E-state index contributed by atoms with van der Waals surface area (Å²) in [5.74, 6) is -1.99. The number of aryl methyl sites for hydroxylation is 1. The summed E-state index contributed by atoms with van der Waals surface area (Å²) in [5, 5.41) is 24.3. The van der Waals surface area contributed by atoms with Crippen LogP contribution in [0, 0.1) is 23.1 Å². The van der Waals surface area contributed by atoms with Gasteiger partial charge in [0.2, 0.25) is 0 Å². The van der Waals surface area contributed by atoms with Gasteiger partial charge in [-0.2, -0.15) is 5.26 Å². The molecule has 2 bridgehead atoms. The van der Waals surface area contributed by atoms with Crippen LogP contribution >= 0.6 is 23.2 Å². The van der Waals surface area contributed by atoms with Gasteiger partial charge in [0, 0.05) is 35.4 Å². The molecule has 3 aliphatic rings. The third-order valence-corrected chi connectivity index (χ3v) is 10.1. The molecule has 260 valence electrons. The van der Waals surface area contributed by atoms with Crippen LogP contribution in [0.2, 0.25) is 10.0 Å². The molecule has 1 aromatic heterocycles. The summed E-state index contributed by atoms with van der Waals surface area (Å²) in [6, 6.07) is 17.5.